The molecule has 2 aromatic heterocycles. The second-order valence-electron chi connectivity index (χ2n) is 14.1. The van der Waals surface area contributed by atoms with Crippen molar-refractivity contribution in [2.75, 3.05) is 51.6 Å². The Morgan fingerprint density at radius 3 is 2.39 bits per heavy atom. The van der Waals surface area contributed by atoms with Crippen molar-refractivity contribution in [2.24, 2.45) is 11.3 Å². The Hall–Kier alpha value is -2.83. The zero-order valence-electron chi connectivity index (χ0n) is 25.7. The molecule has 0 aromatic carbocycles. The van der Waals surface area contributed by atoms with Crippen LogP contribution < -0.4 is 16.4 Å². The van der Waals surface area contributed by atoms with Gasteiger partial charge in [0.2, 0.25) is 5.91 Å². The van der Waals surface area contributed by atoms with Crippen LogP contribution in [0.3, 0.4) is 0 Å². The maximum Gasteiger partial charge on any atom is 0.259 e. The predicted octanol–water partition coefficient (Wildman–Crippen LogP) is 2.75. The fourth-order valence-corrected chi connectivity index (χ4v) is 8.84. The maximum absolute atomic E-state index is 13.9. The van der Waals surface area contributed by atoms with Crippen molar-refractivity contribution < 1.29 is 18.7 Å². The molecular formula is C32H47FN8O3. The fourth-order valence-electron chi connectivity index (χ4n) is 8.84. The van der Waals surface area contributed by atoms with E-state index < -0.39 is 5.82 Å². The second kappa shape index (κ2) is 12.2. The summed E-state index contributed by atoms with van der Waals surface area (Å²) in [4.78, 5) is 36.0. The van der Waals surface area contributed by atoms with Crippen LogP contribution >= 0.6 is 0 Å². The van der Waals surface area contributed by atoms with Gasteiger partial charge in [-0.25, -0.2) is 13.9 Å². The number of aromatic nitrogens is 3. The molecule has 0 bridgehead atoms. The third kappa shape index (κ3) is 5.58. The summed E-state index contributed by atoms with van der Waals surface area (Å²) in [5, 5.41) is 11.2. The molecule has 5 aliphatic rings. The molecular weight excluding hydrogens is 563 g/mol. The Labute approximate surface area is 258 Å². The molecule has 1 saturated carbocycles. The summed E-state index contributed by atoms with van der Waals surface area (Å²) in [6.45, 7) is 5.55. The molecule has 6 heterocycles. The van der Waals surface area contributed by atoms with Gasteiger partial charge in [-0.2, -0.15) is 0 Å². The molecule has 2 spiro atoms. The van der Waals surface area contributed by atoms with E-state index >= 15 is 0 Å². The molecule has 240 valence electrons. The standard InChI is InChI=1S/C32H47FN8O3/c33-23-16-36-28-25(27(34)38-41(28)18-23)29(42)37-24-17-35-19-31(10-6-4-2-1-3-5-7-11-31)26(24)39-13-8-22(9-14-39)30(43)40-20-32(21-40)12-15-44-32/h16,18,22,24,26,35H,1-15,17,19-21H2,(H2,34,38)(H,37,42). The van der Waals surface area contributed by atoms with Crippen LogP contribution in [0.1, 0.15) is 87.4 Å². The van der Waals surface area contributed by atoms with Gasteiger partial charge in [-0.05, 0) is 38.8 Å². The molecule has 4 N–H and O–H groups in total. The number of fused-ring (bicyclic) bond motifs is 1. The van der Waals surface area contributed by atoms with Crippen LogP contribution in [0.4, 0.5) is 10.2 Å². The number of carbonyl (C=O) groups is 2. The third-order valence-corrected chi connectivity index (χ3v) is 11.2. The number of piperidine rings is 2. The monoisotopic (exact) mass is 610 g/mol. The normalized spacial score (nSPS) is 28.0. The summed E-state index contributed by atoms with van der Waals surface area (Å²) in [6.07, 6.45) is 16.0. The average Bonchev–Trinajstić information content (AvgIpc) is 3.30. The highest BCUT2D eigenvalue weighted by Gasteiger charge is 2.53. The van der Waals surface area contributed by atoms with Gasteiger partial charge < -0.3 is 26.0 Å². The van der Waals surface area contributed by atoms with Crippen molar-refractivity contribution >= 4 is 23.3 Å². The van der Waals surface area contributed by atoms with Crippen molar-refractivity contribution in [3.63, 3.8) is 0 Å². The van der Waals surface area contributed by atoms with Gasteiger partial charge in [0.25, 0.3) is 5.91 Å². The molecule has 4 aliphatic heterocycles. The average molecular weight is 611 g/mol. The van der Waals surface area contributed by atoms with E-state index in [-0.39, 0.29) is 57.9 Å². The molecule has 44 heavy (non-hydrogen) atoms. The SMILES string of the molecule is Nc1nn2cc(F)cnc2c1C(=O)NC1CNCC2(CCCCCCCCC2)C1N1CCC(C(=O)N2CC3(CCO3)C2)CC1. The van der Waals surface area contributed by atoms with E-state index in [1.165, 1.54) is 55.7 Å². The number of anilines is 1. The molecule has 0 radical (unpaired) electrons. The second-order valence-corrected chi connectivity index (χ2v) is 14.1. The Kier molecular flexibility index (Phi) is 8.26. The number of ether oxygens (including phenoxy) is 1. The Morgan fingerprint density at radius 1 is 1.05 bits per heavy atom. The summed E-state index contributed by atoms with van der Waals surface area (Å²) in [5.74, 6) is -0.521. The molecule has 5 fully saturated rings. The number of nitrogens with zero attached hydrogens (tertiary/aromatic N) is 5. The molecule has 2 aromatic rings. The molecule has 2 amide bonds. The molecule has 12 heteroatoms. The first-order valence-corrected chi connectivity index (χ1v) is 16.8. The molecule has 7 rings (SSSR count). The number of amides is 2. The molecule has 4 saturated heterocycles. The number of likely N-dealkylation sites (tertiary alicyclic amines) is 2. The van der Waals surface area contributed by atoms with Gasteiger partial charge in [-0.3, -0.25) is 14.5 Å². The number of hydrogen-bond donors (Lipinski definition) is 3. The van der Waals surface area contributed by atoms with Crippen molar-refractivity contribution in [2.45, 2.75) is 94.7 Å². The van der Waals surface area contributed by atoms with Gasteiger partial charge in [0.05, 0.1) is 38.1 Å². The summed E-state index contributed by atoms with van der Waals surface area (Å²) in [6, 6.07) is -0.0282. The van der Waals surface area contributed by atoms with Gasteiger partial charge in [0.1, 0.15) is 11.2 Å². The number of halogens is 1. The lowest BCUT2D eigenvalue weighted by Gasteiger charge is -2.57. The van der Waals surface area contributed by atoms with Crippen molar-refractivity contribution in [1.29, 1.82) is 0 Å². The topological polar surface area (TPSA) is 130 Å². The lowest BCUT2D eigenvalue weighted by Crippen LogP contribution is -2.71. The zero-order chi connectivity index (χ0) is 30.3. The Balaban J connectivity index is 1.11. The first-order chi connectivity index (χ1) is 21.4. The lowest BCUT2D eigenvalue weighted by molar-refractivity contribution is -0.223. The highest BCUT2D eigenvalue weighted by atomic mass is 19.1. The van der Waals surface area contributed by atoms with E-state index in [0.717, 1.165) is 77.6 Å². The van der Waals surface area contributed by atoms with Crippen LogP contribution in [-0.4, -0.2) is 99.8 Å². The smallest absolute Gasteiger partial charge is 0.259 e. The first-order valence-electron chi connectivity index (χ1n) is 16.8. The lowest BCUT2D eigenvalue weighted by atomic mass is 9.66. The van der Waals surface area contributed by atoms with Crippen molar-refractivity contribution in [3.8, 4) is 0 Å². The number of nitrogen functional groups attached to an aromatic ring is 1. The van der Waals surface area contributed by atoms with Crippen LogP contribution in [0.2, 0.25) is 0 Å². The first kappa shape index (κ1) is 29.9. The van der Waals surface area contributed by atoms with E-state index in [1.807, 2.05) is 4.90 Å². The van der Waals surface area contributed by atoms with Crippen LogP contribution in [0.5, 0.6) is 0 Å². The number of hydrogen-bond acceptors (Lipinski definition) is 8. The van der Waals surface area contributed by atoms with Crippen molar-refractivity contribution in [3.05, 3.63) is 23.8 Å². The largest absolute Gasteiger partial charge is 0.381 e. The predicted molar refractivity (Wildman–Crippen MR) is 163 cm³/mol. The number of nitrogens with two attached hydrogens (primary N) is 1. The van der Waals surface area contributed by atoms with Crippen LogP contribution in [0.15, 0.2) is 12.4 Å². The van der Waals surface area contributed by atoms with E-state index in [1.54, 1.807) is 0 Å². The molecule has 2 atom stereocenters. The summed E-state index contributed by atoms with van der Waals surface area (Å²) in [5.41, 5.74) is 6.58. The summed E-state index contributed by atoms with van der Waals surface area (Å²) < 4.78 is 20.8. The van der Waals surface area contributed by atoms with E-state index in [0.29, 0.717) is 6.54 Å². The zero-order valence-corrected chi connectivity index (χ0v) is 25.7. The minimum absolute atomic E-state index is 0.0177. The van der Waals surface area contributed by atoms with Gasteiger partial charge in [0, 0.05) is 36.9 Å². The number of carbonyl (C=O) groups excluding carboxylic acids is 2. The summed E-state index contributed by atoms with van der Waals surface area (Å²) >= 11 is 0. The number of rotatable bonds is 4. The molecule has 2 unspecified atom stereocenters. The highest BCUT2D eigenvalue weighted by molar-refractivity contribution is 6.04. The number of nitrogens with one attached hydrogen (secondary N) is 2. The maximum atomic E-state index is 13.9. The molecule has 11 nitrogen and oxygen atoms in total. The summed E-state index contributed by atoms with van der Waals surface area (Å²) in [7, 11) is 0. The fraction of sp³-hybridized carbons (Fsp3) is 0.750. The Bertz CT molecular complexity index is 1350. The van der Waals surface area contributed by atoms with E-state index in [2.05, 4.69) is 25.6 Å². The van der Waals surface area contributed by atoms with Gasteiger partial charge in [0.15, 0.2) is 17.3 Å². The molecule has 1 aliphatic carbocycles. The van der Waals surface area contributed by atoms with Gasteiger partial charge in [-0.15, -0.1) is 5.10 Å². The van der Waals surface area contributed by atoms with Gasteiger partial charge in [-0.1, -0.05) is 44.9 Å². The van der Waals surface area contributed by atoms with Crippen LogP contribution in [-0.2, 0) is 9.53 Å². The van der Waals surface area contributed by atoms with E-state index in [4.69, 9.17) is 10.5 Å². The minimum Gasteiger partial charge on any atom is -0.381 e. The minimum atomic E-state index is -0.548. The van der Waals surface area contributed by atoms with Crippen LogP contribution in [0, 0.1) is 17.2 Å². The highest BCUT2D eigenvalue weighted by Crippen LogP contribution is 2.43. The van der Waals surface area contributed by atoms with E-state index in [9.17, 15) is 14.0 Å². The van der Waals surface area contributed by atoms with Gasteiger partial charge >= 0.3 is 0 Å². The van der Waals surface area contributed by atoms with Crippen molar-refractivity contribution in [1.82, 2.24) is 35.0 Å². The van der Waals surface area contributed by atoms with Crippen LogP contribution in [0.25, 0.3) is 5.65 Å². The third-order valence-electron chi connectivity index (χ3n) is 11.2. The quantitative estimate of drug-likeness (QED) is 0.482. The Morgan fingerprint density at radius 2 is 1.73 bits per heavy atom.